The van der Waals surface area contributed by atoms with Crippen molar-refractivity contribution < 1.29 is 27.5 Å². The molecular formula is C18H17F3N2O3. The van der Waals surface area contributed by atoms with Gasteiger partial charge in [-0.05, 0) is 42.5 Å². The minimum Gasteiger partial charge on any atom is -0.452 e. The van der Waals surface area contributed by atoms with Gasteiger partial charge in [-0.2, -0.15) is 13.2 Å². The van der Waals surface area contributed by atoms with Crippen molar-refractivity contribution in [3.63, 3.8) is 0 Å². The number of amides is 1. The van der Waals surface area contributed by atoms with E-state index in [4.69, 9.17) is 4.74 Å². The molecule has 138 valence electrons. The summed E-state index contributed by atoms with van der Waals surface area (Å²) >= 11 is 0. The Hall–Kier alpha value is -3.03. The Labute approximate surface area is 148 Å². The average Bonchev–Trinajstić information content (AvgIpc) is 2.59. The van der Waals surface area contributed by atoms with Gasteiger partial charge in [0.2, 0.25) is 0 Å². The number of benzene rings is 2. The van der Waals surface area contributed by atoms with E-state index < -0.39 is 30.2 Å². The minimum absolute atomic E-state index is 0.0313. The first kappa shape index (κ1) is 19.3. The normalized spacial score (nSPS) is 11.0. The van der Waals surface area contributed by atoms with Crippen LogP contribution in [0.15, 0.2) is 48.5 Å². The fraction of sp³-hybridized carbons (Fsp3) is 0.222. The molecular weight excluding hydrogens is 349 g/mol. The quantitative estimate of drug-likeness (QED) is 0.822. The fourth-order valence-electron chi connectivity index (χ4n) is 2.08. The van der Waals surface area contributed by atoms with E-state index in [0.717, 1.165) is 17.8 Å². The molecule has 0 heterocycles. The number of rotatable bonds is 5. The predicted molar refractivity (Wildman–Crippen MR) is 91.1 cm³/mol. The summed E-state index contributed by atoms with van der Waals surface area (Å²) in [5, 5.41) is 2.26. The average molecular weight is 366 g/mol. The van der Waals surface area contributed by atoms with Gasteiger partial charge in [-0.3, -0.25) is 4.79 Å². The SMILES string of the molecule is CN(C)c1ccc(C(=O)OCC(=O)Nc2cccc(C(F)(F)F)c2)cc1. The van der Waals surface area contributed by atoms with Crippen LogP contribution in [0, 0.1) is 0 Å². The van der Waals surface area contributed by atoms with Crippen molar-refractivity contribution in [1.82, 2.24) is 0 Å². The van der Waals surface area contributed by atoms with Crippen LogP contribution < -0.4 is 10.2 Å². The molecule has 0 aliphatic rings. The number of alkyl halides is 3. The summed E-state index contributed by atoms with van der Waals surface area (Å²) in [5.41, 5.74) is 0.246. The van der Waals surface area contributed by atoms with E-state index in [0.29, 0.717) is 0 Å². The lowest BCUT2D eigenvalue weighted by atomic mass is 10.2. The molecule has 2 aromatic carbocycles. The maximum atomic E-state index is 12.6. The van der Waals surface area contributed by atoms with Crippen LogP contribution in [0.5, 0.6) is 0 Å². The van der Waals surface area contributed by atoms with Gasteiger partial charge >= 0.3 is 12.1 Å². The molecule has 1 N–H and O–H groups in total. The highest BCUT2D eigenvalue weighted by molar-refractivity contribution is 5.95. The fourth-order valence-corrected chi connectivity index (χ4v) is 2.08. The summed E-state index contributed by atoms with van der Waals surface area (Å²) in [6, 6.07) is 10.8. The van der Waals surface area contributed by atoms with Crippen LogP contribution in [-0.2, 0) is 15.7 Å². The van der Waals surface area contributed by atoms with Crippen LogP contribution in [0.25, 0.3) is 0 Å². The number of esters is 1. The molecule has 0 spiro atoms. The molecule has 1 amide bonds. The van der Waals surface area contributed by atoms with E-state index in [2.05, 4.69) is 5.32 Å². The monoisotopic (exact) mass is 366 g/mol. The lowest BCUT2D eigenvalue weighted by molar-refractivity contribution is -0.137. The van der Waals surface area contributed by atoms with E-state index >= 15 is 0 Å². The van der Waals surface area contributed by atoms with Crippen LogP contribution in [0.3, 0.4) is 0 Å². The van der Waals surface area contributed by atoms with Gasteiger partial charge in [0, 0.05) is 25.5 Å². The molecule has 0 radical (unpaired) electrons. The first-order chi connectivity index (χ1) is 12.2. The molecule has 2 aromatic rings. The van der Waals surface area contributed by atoms with Gasteiger partial charge in [-0.15, -0.1) is 0 Å². The number of carbonyl (C=O) groups is 2. The Morgan fingerprint density at radius 1 is 1.08 bits per heavy atom. The van der Waals surface area contributed by atoms with Crippen molar-refractivity contribution in [1.29, 1.82) is 0 Å². The number of anilines is 2. The molecule has 0 fully saturated rings. The maximum Gasteiger partial charge on any atom is 0.416 e. The minimum atomic E-state index is -4.51. The van der Waals surface area contributed by atoms with Crippen molar-refractivity contribution in [3.05, 3.63) is 59.7 Å². The number of halogens is 3. The van der Waals surface area contributed by atoms with E-state index in [-0.39, 0.29) is 11.3 Å². The van der Waals surface area contributed by atoms with Crippen LogP contribution in [0.1, 0.15) is 15.9 Å². The summed E-state index contributed by atoms with van der Waals surface area (Å²) in [5.74, 6) is -1.43. The Kier molecular flexibility index (Phi) is 5.86. The topological polar surface area (TPSA) is 58.6 Å². The van der Waals surface area contributed by atoms with Gasteiger partial charge in [-0.1, -0.05) is 6.07 Å². The van der Waals surface area contributed by atoms with Crippen molar-refractivity contribution in [2.24, 2.45) is 0 Å². The molecule has 2 rings (SSSR count). The van der Waals surface area contributed by atoms with E-state index in [9.17, 15) is 22.8 Å². The highest BCUT2D eigenvalue weighted by Gasteiger charge is 2.30. The summed E-state index contributed by atoms with van der Waals surface area (Å²) in [6.07, 6.45) is -4.51. The Balaban J connectivity index is 1.91. The predicted octanol–water partition coefficient (Wildman–Crippen LogP) is 3.57. The summed E-state index contributed by atoms with van der Waals surface area (Å²) in [4.78, 5) is 25.5. The molecule has 0 saturated heterocycles. The third-order valence-electron chi connectivity index (χ3n) is 3.43. The van der Waals surface area contributed by atoms with Gasteiger partial charge in [-0.25, -0.2) is 4.79 Å². The van der Waals surface area contributed by atoms with Crippen molar-refractivity contribution >= 4 is 23.3 Å². The van der Waals surface area contributed by atoms with Gasteiger partial charge in [0.15, 0.2) is 6.61 Å². The zero-order valence-corrected chi connectivity index (χ0v) is 14.1. The molecule has 5 nitrogen and oxygen atoms in total. The Morgan fingerprint density at radius 3 is 2.31 bits per heavy atom. The van der Waals surface area contributed by atoms with Gasteiger partial charge in [0.25, 0.3) is 5.91 Å². The highest BCUT2D eigenvalue weighted by Crippen LogP contribution is 2.30. The van der Waals surface area contributed by atoms with Crippen LogP contribution in [0.2, 0.25) is 0 Å². The summed E-state index contributed by atoms with van der Waals surface area (Å²) < 4.78 is 42.8. The van der Waals surface area contributed by atoms with Crippen LogP contribution in [0.4, 0.5) is 24.5 Å². The van der Waals surface area contributed by atoms with Gasteiger partial charge < -0.3 is 15.0 Å². The largest absolute Gasteiger partial charge is 0.452 e. The Morgan fingerprint density at radius 2 is 1.73 bits per heavy atom. The second-order valence-electron chi connectivity index (χ2n) is 5.64. The summed E-state index contributed by atoms with van der Waals surface area (Å²) in [7, 11) is 3.71. The second kappa shape index (κ2) is 7.90. The molecule has 0 unspecified atom stereocenters. The van der Waals surface area contributed by atoms with Crippen LogP contribution in [-0.4, -0.2) is 32.6 Å². The van der Waals surface area contributed by atoms with E-state index in [1.807, 2.05) is 19.0 Å². The zero-order chi connectivity index (χ0) is 19.3. The number of ether oxygens (including phenoxy) is 1. The molecule has 0 bridgehead atoms. The number of hydrogen-bond acceptors (Lipinski definition) is 4. The third kappa shape index (κ3) is 5.23. The first-order valence-corrected chi connectivity index (χ1v) is 7.58. The van der Waals surface area contributed by atoms with Gasteiger partial charge in [0.1, 0.15) is 0 Å². The van der Waals surface area contributed by atoms with Crippen molar-refractivity contribution in [2.45, 2.75) is 6.18 Å². The number of nitrogens with one attached hydrogen (secondary N) is 1. The molecule has 0 aromatic heterocycles. The lowest BCUT2D eigenvalue weighted by Gasteiger charge is -2.12. The van der Waals surface area contributed by atoms with Crippen molar-refractivity contribution in [3.8, 4) is 0 Å². The second-order valence-corrected chi connectivity index (χ2v) is 5.64. The summed E-state index contributed by atoms with van der Waals surface area (Å²) in [6.45, 7) is -0.607. The van der Waals surface area contributed by atoms with Crippen molar-refractivity contribution in [2.75, 3.05) is 30.9 Å². The first-order valence-electron chi connectivity index (χ1n) is 7.58. The molecule has 26 heavy (non-hydrogen) atoms. The molecule has 0 saturated carbocycles. The third-order valence-corrected chi connectivity index (χ3v) is 3.43. The number of nitrogens with zero attached hydrogens (tertiary/aromatic N) is 1. The highest BCUT2D eigenvalue weighted by atomic mass is 19.4. The van der Waals surface area contributed by atoms with E-state index in [1.165, 1.54) is 12.1 Å². The Bertz CT molecular complexity index is 787. The van der Waals surface area contributed by atoms with E-state index in [1.54, 1.807) is 24.3 Å². The van der Waals surface area contributed by atoms with Gasteiger partial charge in [0.05, 0.1) is 11.1 Å². The number of hydrogen-bond donors (Lipinski definition) is 1. The standard InChI is InChI=1S/C18H17F3N2O3/c1-23(2)15-8-6-12(7-9-15)17(25)26-11-16(24)22-14-5-3-4-13(10-14)18(19,20)21/h3-10H,11H2,1-2H3,(H,22,24). The zero-order valence-electron chi connectivity index (χ0n) is 14.1. The maximum absolute atomic E-state index is 12.6. The molecule has 0 aliphatic carbocycles. The molecule has 0 atom stereocenters. The molecule has 8 heteroatoms. The smallest absolute Gasteiger partial charge is 0.416 e. The molecule has 0 aliphatic heterocycles. The van der Waals surface area contributed by atoms with Crippen LogP contribution >= 0.6 is 0 Å². The number of carbonyl (C=O) groups excluding carboxylic acids is 2. The lowest BCUT2D eigenvalue weighted by Crippen LogP contribution is -2.21.